The fourth-order valence-electron chi connectivity index (χ4n) is 1.91. The molecule has 0 fully saturated rings. The van der Waals surface area contributed by atoms with E-state index in [1.165, 1.54) is 23.9 Å². The van der Waals surface area contributed by atoms with Crippen LogP contribution in [0.1, 0.15) is 11.1 Å². The minimum atomic E-state index is -0.264. The molecule has 4 nitrogen and oxygen atoms in total. The van der Waals surface area contributed by atoms with Crippen LogP contribution >= 0.6 is 11.8 Å². The van der Waals surface area contributed by atoms with Gasteiger partial charge in [0.2, 0.25) is 5.17 Å². The van der Waals surface area contributed by atoms with Crippen molar-refractivity contribution in [1.82, 2.24) is 5.43 Å². The van der Waals surface area contributed by atoms with E-state index in [0.29, 0.717) is 5.17 Å². The highest BCUT2D eigenvalue weighted by Crippen LogP contribution is 2.23. The van der Waals surface area contributed by atoms with Crippen LogP contribution in [-0.2, 0) is 0 Å². The summed E-state index contributed by atoms with van der Waals surface area (Å²) in [6.07, 6.45) is 1.65. The van der Waals surface area contributed by atoms with Gasteiger partial charge in [0.1, 0.15) is 11.6 Å². The Morgan fingerprint density at radius 3 is 2.48 bits per heavy atom. The van der Waals surface area contributed by atoms with Gasteiger partial charge in [-0.1, -0.05) is 23.9 Å². The van der Waals surface area contributed by atoms with Crippen molar-refractivity contribution in [3.63, 3.8) is 0 Å². The van der Waals surface area contributed by atoms with Gasteiger partial charge < -0.3 is 4.74 Å². The van der Waals surface area contributed by atoms with Crippen LogP contribution < -0.4 is 10.2 Å². The summed E-state index contributed by atoms with van der Waals surface area (Å²) < 4.78 is 18.0. The standard InChI is InChI=1S/C17H14FN3OS/c1-22-15-8-4-13(5-9-15)16-11-23-17(21-20-16)19-10-12-2-6-14(18)7-3-12/h2-11,20H,1H3. The second-order valence-corrected chi connectivity index (χ2v) is 5.53. The molecule has 0 spiro atoms. The minimum Gasteiger partial charge on any atom is -0.497 e. The number of rotatable bonds is 3. The molecule has 0 saturated carbocycles. The molecule has 1 aliphatic heterocycles. The summed E-state index contributed by atoms with van der Waals surface area (Å²) in [6.45, 7) is 0. The molecule has 0 aliphatic carbocycles. The molecule has 2 aromatic rings. The smallest absolute Gasteiger partial charge is 0.210 e. The Labute approximate surface area is 137 Å². The van der Waals surface area contributed by atoms with Gasteiger partial charge in [0.25, 0.3) is 0 Å². The number of benzene rings is 2. The molecule has 0 aromatic heterocycles. The predicted molar refractivity (Wildman–Crippen MR) is 93.1 cm³/mol. The molecule has 1 aliphatic rings. The highest BCUT2D eigenvalue weighted by molar-refractivity contribution is 8.16. The van der Waals surface area contributed by atoms with Crippen molar-refractivity contribution in [2.24, 2.45) is 10.1 Å². The average molecular weight is 327 g/mol. The Hall–Kier alpha value is -2.60. The zero-order valence-electron chi connectivity index (χ0n) is 12.4. The summed E-state index contributed by atoms with van der Waals surface area (Å²) in [4.78, 5) is 4.28. The number of nitrogens with one attached hydrogen (secondary N) is 1. The zero-order chi connectivity index (χ0) is 16.1. The van der Waals surface area contributed by atoms with Crippen LogP contribution in [0.5, 0.6) is 5.75 Å². The van der Waals surface area contributed by atoms with Gasteiger partial charge in [0.15, 0.2) is 0 Å². The van der Waals surface area contributed by atoms with Crippen molar-refractivity contribution in [2.45, 2.75) is 0 Å². The molecule has 116 valence electrons. The van der Waals surface area contributed by atoms with E-state index >= 15 is 0 Å². The highest BCUT2D eigenvalue weighted by atomic mass is 32.2. The molecule has 0 saturated heterocycles. The number of nitrogens with zero attached hydrogens (tertiary/aromatic N) is 2. The van der Waals surface area contributed by atoms with Crippen molar-refractivity contribution in [3.8, 4) is 5.75 Å². The van der Waals surface area contributed by atoms with Gasteiger partial charge in [0.05, 0.1) is 12.8 Å². The molecule has 0 atom stereocenters. The van der Waals surface area contributed by atoms with Gasteiger partial charge in [-0.25, -0.2) is 9.38 Å². The SMILES string of the molecule is COc1ccc(C2=CSC(N=Cc3ccc(F)cc3)=NN2)cc1. The van der Waals surface area contributed by atoms with Crippen LogP contribution in [-0.4, -0.2) is 18.5 Å². The van der Waals surface area contributed by atoms with Gasteiger partial charge in [0, 0.05) is 17.2 Å². The normalized spacial score (nSPS) is 14.2. The van der Waals surface area contributed by atoms with Crippen molar-refractivity contribution in [1.29, 1.82) is 0 Å². The molecule has 3 rings (SSSR count). The van der Waals surface area contributed by atoms with E-state index in [0.717, 1.165) is 22.6 Å². The topological polar surface area (TPSA) is 46.0 Å². The Bertz CT molecular complexity index is 767. The third-order valence-corrected chi connectivity index (χ3v) is 3.91. The van der Waals surface area contributed by atoms with Crippen LogP contribution in [0, 0.1) is 5.82 Å². The van der Waals surface area contributed by atoms with E-state index in [4.69, 9.17) is 4.74 Å². The Kier molecular flexibility index (Phi) is 4.73. The molecular weight excluding hydrogens is 313 g/mol. The number of thioether (sulfide) groups is 1. The zero-order valence-corrected chi connectivity index (χ0v) is 13.2. The van der Waals surface area contributed by atoms with Crippen LogP contribution in [0.25, 0.3) is 5.70 Å². The van der Waals surface area contributed by atoms with Crippen LogP contribution in [0.2, 0.25) is 0 Å². The number of hydrogen-bond donors (Lipinski definition) is 1. The number of ether oxygens (including phenoxy) is 1. The first-order valence-corrected chi connectivity index (χ1v) is 7.77. The third kappa shape index (κ3) is 3.98. The molecular formula is C17H14FN3OS. The van der Waals surface area contributed by atoms with Crippen LogP contribution in [0.4, 0.5) is 4.39 Å². The number of amidine groups is 1. The lowest BCUT2D eigenvalue weighted by atomic mass is 10.2. The monoisotopic (exact) mass is 327 g/mol. The number of methoxy groups -OCH3 is 1. The largest absolute Gasteiger partial charge is 0.497 e. The summed E-state index contributed by atoms with van der Waals surface area (Å²) in [5, 5.41) is 6.76. The predicted octanol–water partition coefficient (Wildman–Crippen LogP) is 3.86. The van der Waals surface area contributed by atoms with Gasteiger partial charge >= 0.3 is 0 Å². The first-order chi connectivity index (χ1) is 11.2. The van der Waals surface area contributed by atoms with Crippen molar-refractivity contribution in [2.75, 3.05) is 7.11 Å². The molecule has 0 amide bonds. The van der Waals surface area contributed by atoms with E-state index in [2.05, 4.69) is 15.5 Å². The van der Waals surface area contributed by atoms with E-state index in [1.54, 1.807) is 25.5 Å². The Balaban J connectivity index is 1.63. The number of hydrogen-bond acceptors (Lipinski definition) is 5. The fourth-order valence-corrected chi connectivity index (χ4v) is 2.54. The summed E-state index contributed by atoms with van der Waals surface area (Å²) in [5.74, 6) is 0.547. The number of aliphatic imine (C=N–C) groups is 1. The van der Waals surface area contributed by atoms with Crippen molar-refractivity contribution < 1.29 is 9.13 Å². The summed E-state index contributed by atoms with van der Waals surface area (Å²) in [5.41, 5.74) is 5.72. The maximum absolute atomic E-state index is 12.8. The van der Waals surface area contributed by atoms with Gasteiger partial charge in [-0.05, 0) is 42.0 Å². The maximum atomic E-state index is 12.8. The second kappa shape index (κ2) is 7.11. The lowest BCUT2D eigenvalue weighted by molar-refractivity contribution is 0.415. The molecule has 6 heteroatoms. The van der Waals surface area contributed by atoms with Crippen LogP contribution in [0.15, 0.2) is 64.0 Å². The van der Waals surface area contributed by atoms with Crippen molar-refractivity contribution >= 4 is 28.8 Å². The maximum Gasteiger partial charge on any atom is 0.210 e. The van der Waals surface area contributed by atoms with E-state index in [1.807, 2.05) is 29.7 Å². The highest BCUT2D eigenvalue weighted by Gasteiger charge is 2.08. The summed E-state index contributed by atoms with van der Waals surface area (Å²) >= 11 is 1.42. The first-order valence-electron chi connectivity index (χ1n) is 6.89. The van der Waals surface area contributed by atoms with E-state index in [-0.39, 0.29) is 5.82 Å². The lowest BCUT2D eigenvalue weighted by Gasteiger charge is -2.12. The fraction of sp³-hybridized carbons (Fsp3) is 0.0588. The number of hydrazone groups is 1. The average Bonchev–Trinajstić information content (AvgIpc) is 2.62. The Morgan fingerprint density at radius 2 is 1.87 bits per heavy atom. The first kappa shape index (κ1) is 15.3. The quantitative estimate of drug-likeness (QED) is 0.871. The minimum absolute atomic E-state index is 0.264. The second-order valence-electron chi connectivity index (χ2n) is 4.69. The lowest BCUT2D eigenvalue weighted by Crippen LogP contribution is -2.10. The molecule has 23 heavy (non-hydrogen) atoms. The van der Waals surface area contributed by atoms with E-state index < -0.39 is 0 Å². The Morgan fingerprint density at radius 1 is 1.13 bits per heavy atom. The van der Waals surface area contributed by atoms with E-state index in [9.17, 15) is 4.39 Å². The molecule has 2 aromatic carbocycles. The van der Waals surface area contributed by atoms with Gasteiger partial charge in [-0.3, -0.25) is 5.43 Å². The van der Waals surface area contributed by atoms with Crippen LogP contribution in [0.3, 0.4) is 0 Å². The van der Waals surface area contributed by atoms with Gasteiger partial charge in [-0.2, -0.15) is 0 Å². The van der Waals surface area contributed by atoms with Gasteiger partial charge in [-0.15, -0.1) is 5.10 Å². The third-order valence-electron chi connectivity index (χ3n) is 3.15. The molecule has 0 bridgehead atoms. The summed E-state index contributed by atoms with van der Waals surface area (Å²) in [6, 6.07) is 13.8. The number of halogens is 1. The molecule has 0 radical (unpaired) electrons. The molecule has 1 heterocycles. The molecule has 1 N–H and O–H groups in total. The van der Waals surface area contributed by atoms with Crippen molar-refractivity contribution in [3.05, 3.63) is 70.9 Å². The molecule has 0 unspecified atom stereocenters. The summed E-state index contributed by atoms with van der Waals surface area (Å²) in [7, 11) is 1.64.